The summed E-state index contributed by atoms with van der Waals surface area (Å²) >= 11 is 0. The minimum absolute atomic E-state index is 0.00505. The van der Waals surface area contributed by atoms with Crippen LogP contribution in [0.15, 0.2) is 0 Å². The molecule has 11 heavy (non-hydrogen) atoms. The van der Waals surface area contributed by atoms with Crippen molar-refractivity contribution < 1.29 is 19.7 Å². The third-order valence-electron chi connectivity index (χ3n) is 0.931. The van der Waals surface area contributed by atoms with Gasteiger partial charge in [0.25, 0.3) is 0 Å². The van der Waals surface area contributed by atoms with Crippen LogP contribution in [0.2, 0.25) is 0 Å². The number of ether oxygens (including phenoxy) is 1. The van der Waals surface area contributed by atoms with E-state index in [0.717, 1.165) is 0 Å². The van der Waals surface area contributed by atoms with Crippen molar-refractivity contribution in [1.82, 2.24) is 0 Å². The van der Waals surface area contributed by atoms with Crippen LogP contribution in [-0.4, -0.2) is 35.0 Å². The zero-order valence-electron chi connectivity index (χ0n) is 6.83. The molecular weight excluding hydrogens is 148 g/mol. The van der Waals surface area contributed by atoms with Crippen LogP contribution in [0.4, 0.5) is 0 Å². The maximum Gasteiger partial charge on any atom is 0.308 e. The Morgan fingerprint density at radius 2 is 2.09 bits per heavy atom. The van der Waals surface area contributed by atoms with Crippen LogP contribution in [0.1, 0.15) is 20.3 Å². The lowest BCUT2D eigenvalue weighted by Gasteiger charge is -2.15. The van der Waals surface area contributed by atoms with E-state index in [2.05, 4.69) is 4.74 Å². The number of aliphatic hydroxyl groups excluding tert-OH is 1. The Kier molecular flexibility index (Phi) is 4.07. The van der Waals surface area contributed by atoms with E-state index in [4.69, 9.17) is 10.2 Å². The van der Waals surface area contributed by atoms with Crippen LogP contribution in [0, 0.1) is 0 Å². The third-order valence-corrected chi connectivity index (χ3v) is 0.931. The van der Waals surface area contributed by atoms with Crippen LogP contribution in [0.25, 0.3) is 0 Å². The van der Waals surface area contributed by atoms with Gasteiger partial charge in [0, 0.05) is 0 Å². The molecule has 0 saturated carbocycles. The van der Waals surface area contributed by atoms with E-state index in [9.17, 15) is 4.79 Å². The lowest BCUT2D eigenvalue weighted by molar-refractivity contribution is -0.148. The second kappa shape index (κ2) is 4.31. The van der Waals surface area contributed by atoms with Gasteiger partial charge >= 0.3 is 5.97 Å². The SMILES string of the molecule is CC(C)(O)CC(=O)OCCO. The first-order valence-corrected chi connectivity index (χ1v) is 3.44. The fourth-order valence-electron chi connectivity index (χ4n) is 0.564. The average molecular weight is 162 g/mol. The third kappa shape index (κ3) is 7.29. The number of esters is 1. The summed E-state index contributed by atoms with van der Waals surface area (Å²) in [6, 6.07) is 0. The summed E-state index contributed by atoms with van der Waals surface area (Å²) in [6.07, 6.45) is -0.0486. The molecule has 0 aromatic rings. The Morgan fingerprint density at radius 3 is 2.45 bits per heavy atom. The van der Waals surface area contributed by atoms with Gasteiger partial charge in [0.2, 0.25) is 0 Å². The monoisotopic (exact) mass is 162 g/mol. The molecule has 0 radical (unpaired) electrons. The number of carbonyl (C=O) groups is 1. The summed E-state index contributed by atoms with van der Waals surface area (Å²) < 4.78 is 4.52. The van der Waals surface area contributed by atoms with Gasteiger partial charge in [-0.05, 0) is 13.8 Å². The van der Waals surface area contributed by atoms with E-state index in [1.165, 1.54) is 13.8 Å². The Hall–Kier alpha value is -0.610. The molecular formula is C7H14O4. The van der Waals surface area contributed by atoms with E-state index in [0.29, 0.717) is 0 Å². The maximum atomic E-state index is 10.7. The second-order valence-electron chi connectivity index (χ2n) is 2.93. The van der Waals surface area contributed by atoms with Crippen LogP contribution < -0.4 is 0 Å². The van der Waals surface area contributed by atoms with Gasteiger partial charge in [-0.2, -0.15) is 0 Å². The lowest BCUT2D eigenvalue weighted by atomic mass is 10.1. The zero-order valence-corrected chi connectivity index (χ0v) is 6.83. The van der Waals surface area contributed by atoms with E-state index < -0.39 is 11.6 Å². The van der Waals surface area contributed by atoms with E-state index in [1.807, 2.05) is 0 Å². The highest BCUT2D eigenvalue weighted by Crippen LogP contribution is 2.07. The molecule has 0 aromatic carbocycles. The molecule has 0 fully saturated rings. The number of aliphatic hydroxyl groups is 2. The fourth-order valence-corrected chi connectivity index (χ4v) is 0.564. The summed E-state index contributed by atoms with van der Waals surface area (Å²) in [4.78, 5) is 10.7. The summed E-state index contributed by atoms with van der Waals surface area (Å²) in [7, 11) is 0. The van der Waals surface area contributed by atoms with Crippen LogP contribution in [0.5, 0.6) is 0 Å². The Balaban J connectivity index is 3.53. The minimum Gasteiger partial charge on any atom is -0.463 e. The molecule has 0 amide bonds. The Labute approximate surface area is 65.8 Å². The van der Waals surface area contributed by atoms with Gasteiger partial charge in [-0.1, -0.05) is 0 Å². The average Bonchev–Trinajstić information content (AvgIpc) is 1.79. The van der Waals surface area contributed by atoms with E-state index in [-0.39, 0.29) is 19.6 Å². The standard InChI is InChI=1S/C7H14O4/c1-7(2,10)5-6(9)11-4-3-8/h8,10H,3-5H2,1-2H3. The summed E-state index contributed by atoms with van der Waals surface area (Å²) in [5.41, 5.74) is -1.04. The number of rotatable bonds is 4. The van der Waals surface area contributed by atoms with Crippen molar-refractivity contribution in [1.29, 1.82) is 0 Å². The molecule has 0 spiro atoms. The molecule has 66 valence electrons. The molecule has 2 N–H and O–H groups in total. The van der Waals surface area contributed by atoms with Gasteiger partial charge in [-0.3, -0.25) is 4.79 Å². The predicted molar refractivity (Wildman–Crippen MR) is 39.0 cm³/mol. The fraction of sp³-hybridized carbons (Fsp3) is 0.857. The molecule has 0 atom stereocenters. The van der Waals surface area contributed by atoms with Crippen LogP contribution >= 0.6 is 0 Å². The molecule has 0 aliphatic carbocycles. The number of hydrogen-bond acceptors (Lipinski definition) is 4. The maximum absolute atomic E-state index is 10.7. The molecule has 4 heteroatoms. The first-order valence-electron chi connectivity index (χ1n) is 3.44. The minimum atomic E-state index is -1.04. The first-order chi connectivity index (χ1) is 4.95. The largest absolute Gasteiger partial charge is 0.463 e. The lowest BCUT2D eigenvalue weighted by Crippen LogP contribution is -2.25. The van der Waals surface area contributed by atoms with Crippen molar-refractivity contribution in [3.63, 3.8) is 0 Å². The van der Waals surface area contributed by atoms with Gasteiger partial charge in [-0.15, -0.1) is 0 Å². The predicted octanol–water partition coefficient (Wildman–Crippen LogP) is -0.317. The molecule has 0 unspecified atom stereocenters. The first kappa shape index (κ1) is 10.4. The number of hydrogen-bond donors (Lipinski definition) is 2. The van der Waals surface area contributed by atoms with E-state index >= 15 is 0 Å². The van der Waals surface area contributed by atoms with Crippen molar-refractivity contribution in [2.45, 2.75) is 25.9 Å². The van der Waals surface area contributed by atoms with Crippen molar-refractivity contribution in [3.8, 4) is 0 Å². The normalized spacial score (nSPS) is 11.3. The van der Waals surface area contributed by atoms with Crippen molar-refractivity contribution in [2.24, 2.45) is 0 Å². The molecule has 0 heterocycles. The van der Waals surface area contributed by atoms with Gasteiger partial charge < -0.3 is 14.9 Å². The topological polar surface area (TPSA) is 66.8 Å². The molecule has 0 saturated heterocycles. The smallest absolute Gasteiger partial charge is 0.308 e. The Morgan fingerprint density at radius 1 is 1.55 bits per heavy atom. The molecule has 0 aliphatic heterocycles. The highest BCUT2D eigenvalue weighted by molar-refractivity contribution is 5.70. The summed E-state index contributed by atoms with van der Waals surface area (Å²) in [6.45, 7) is 2.85. The highest BCUT2D eigenvalue weighted by Gasteiger charge is 2.18. The molecule has 0 aromatic heterocycles. The quantitative estimate of drug-likeness (QED) is 0.556. The molecule has 0 aliphatic rings. The van der Waals surface area contributed by atoms with Gasteiger partial charge in [0.15, 0.2) is 0 Å². The Bertz CT molecular complexity index is 125. The van der Waals surface area contributed by atoms with Crippen LogP contribution in [-0.2, 0) is 9.53 Å². The van der Waals surface area contributed by atoms with Crippen molar-refractivity contribution in [2.75, 3.05) is 13.2 Å². The summed E-state index contributed by atoms with van der Waals surface area (Å²) in [5, 5.41) is 17.4. The van der Waals surface area contributed by atoms with Gasteiger partial charge in [-0.25, -0.2) is 0 Å². The summed E-state index contributed by atoms with van der Waals surface area (Å²) in [5.74, 6) is -0.494. The van der Waals surface area contributed by atoms with Gasteiger partial charge in [0.1, 0.15) is 6.61 Å². The molecule has 0 rings (SSSR count). The highest BCUT2D eigenvalue weighted by atomic mass is 16.5. The number of carbonyl (C=O) groups excluding carboxylic acids is 1. The van der Waals surface area contributed by atoms with Crippen molar-refractivity contribution in [3.05, 3.63) is 0 Å². The molecule has 4 nitrogen and oxygen atoms in total. The second-order valence-corrected chi connectivity index (χ2v) is 2.93. The van der Waals surface area contributed by atoms with Crippen LogP contribution in [0.3, 0.4) is 0 Å². The van der Waals surface area contributed by atoms with E-state index in [1.54, 1.807) is 0 Å². The zero-order chi connectivity index (χ0) is 8.91. The van der Waals surface area contributed by atoms with Gasteiger partial charge in [0.05, 0.1) is 18.6 Å². The van der Waals surface area contributed by atoms with Crippen molar-refractivity contribution >= 4 is 5.97 Å². The molecule has 0 bridgehead atoms.